The molecule has 0 amide bonds. The van der Waals surface area contributed by atoms with Crippen LogP contribution in [-0.2, 0) is 14.3 Å². The van der Waals surface area contributed by atoms with Crippen LogP contribution in [0.15, 0.2) is 36.4 Å². The molecule has 0 N–H and O–H groups in total. The monoisotopic (exact) mass is 304 g/mol. The minimum absolute atomic E-state index is 0.118. The van der Waals surface area contributed by atoms with E-state index in [4.69, 9.17) is 18.9 Å². The number of carbonyl (C=O) groups is 1. The lowest BCUT2D eigenvalue weighted by Crippen LogP contribution is -2.25. The second-order valence-corrected chi connectivity index (χ2v) is 4.89. The van der Waals surface area contributed by atoms with Gasteiger partial charge in [-0.25, -0.2) is 0 Å². The fourth-order valence-corrected chi connectivity index (χ4v) is 2.08. The summed E-state index contributed by atoms with van der Waals surface area (Å²) in [4.78, 5) is 11.0. The van der Waals surface area contributed by atoms with E-state index in [-0.39, 0.29) is 12.1 Å². The molecule has 22 heavy (non-hydrogen) atoms. The molecule has 2 aromatic rings. The van der Waals surface area contributed by atoms with Crippen LogP contribution in [0, 0.1) is 0 Å². The standard InChI is InChI=1S/C17H20O5/c1-12(18)22-16-7-5-13-4-6-15(8-14(13)9-16)21-11-17(20-3)10-19-2/h4-9,17H,10-11H2,1-3H3. The molecule has 5 heteroatoms. The maximum atomic E-state index is 11.0. The van der Waals surface area contributed by atoms with E-state index < -0.39 is 0 Å². The zero-order valence-corrected chi connectivity index (χ0v) is 13.0. The van der Waals surface area contributed by atoms with Crippen molar-refractivity contribution in [2.75, 3.05) is 27.4 Å². The molecule has 0 saturated heterocycles. The molecule has 118 valence electrons. The summed E-state index contributed by atoms with van der Waals surface area (Å²) in [5, 5.41) is 1.99. The van der Waals surface area contributed by atoms with Crippen molar-refractivity contribution in [2.24, 2.45) is 0 Å². The second-order valence-electron chi connectivity index (χ2n) is 4.89. The van der Waals surface area contributed by atoms with E-state index in [1.54, 1.807) is 20.3 Å². The number of fused-ring (bicyclic) bond motifs is 1. The van der Waals surface area contributed by atoms with E-state index in [0.717, 1.165) is 16.5 Å². The number of ether oxygens (including phenoxy) is 4. The molecule has 0 aromatic heterocycles. The topological polar surface area (TPSA) is 54.0 Å². The normalized spacial score (nSPS) is 12.1. The number of esters is 1. The Balaban J connectivity index is 2.12. The summed E-state index contributed by atoms with van der Waals surface area (Å²) in [6, 6.07) is 11.2. The summed E-state index contributed by atoms with van der Waals surface area (Å²) in [7, 11) is 3.25. The summed E-state index contributed by atoms with van der Waals surface area (Å²) in [6.45, 7) is 2.25. The summed E-state index contributed by atoms with van der Waals surface area (Å²) in [6.07, 6.45) is -0.118. The molecular weight excluding hydrogens is 284 g/mol. The SMILES string of the molecule is COCC(COc1ccc2ccc(OC(C)=O)cc2c1)OC. The largest absolute Gasteiger partial charge is 0.491 e. The predicted octanol–water partition coefficient (Wildman–Crippen LogP) is 2.81. The molecule has 0 spiro atoms. The Labute approximate surface area is 129 Å². The van der Waals surface area contributed by atoms with Gasteiger partial charge in [0.05, 0.1) is 6.61 Å². The highest BCUT2D eigenvalue weighted by atomic mass is 16.6. The number of hydrogen-bond donors (Lipinski definition) is 0. The Bertz CT molecular complexity index is 638. The van der Waals surface area contributed by atoms with Crippen molar-refractivity contribution in [1.29, 1.82) is 0 Å². The first-order valence-corrected chi connectivity index (χ1v) is 6.99. The Kier molecular flexibility index (Phi) is 5.75. The second kappa shape index (κ2) is 7.77. The molecule has 0 heterocycles. The average molecular weight is 304 g/mol. The Morgan fingerprint density at radius 1 is 1.00 bits per heavy atom. The number of rotatable bonds is 7. The van der Waals surface area contributed by atoms with Gasteiger partial charge in [0, 0.05) is 21.1 Å². The molecule has 0 aliphatic carbocycles. The molecule has 0 aliphatic heterocycles. The summed E-state index contributed by atoms with van der Waals surface area (Å²) >= 11 is 0. The highest BCUT2D eigenvalue weighted by molar-refractivity contribution is 5.86. The van der Waals surface area contributed by atoms with Crippen LogP contribution in [0.4, 0.5) is 0 Å². The Morgan fingerprint density at radius 3 is 2.32 bits per heavy atom. The molecule has 5 nitrogen and oxygen atoms in total. The molecule has 0 fully saturated rings. The quantitative estimate of drug-likeness (QED) is 0.581. The zero-order chi connectivity index (χ0) is 15.9. The summed E-state index contributed by atoms with van der Waals surface area (Å²) in [5.41, 5.74) is 0. The van der Waals surface area contributed by atoms with E-state index in [9.17, 15) is 4.79 Å². The van der Waals surface area contributed by atoms with Gasteiger partial charge in [-0.1, -0.05) is 12.1 Å². The van der Waals surface area contributed by atoms with Crippen LogP contribution < -0.4 is 9.47 Å². The van der Waals surface area contributed by atoms with E-state index in [0.29, 0.717) is 19.0 Å². The Morgan fingerprint density at radius 2 is 1.68 bits per heavy atom. The minimum atomic E-state index is -0.339. The first-order chi connectivity index (χ1) is 10.6. The van der Waals surface area contributed by atoms with Crippen LogP contribution in [0.5, 0.6) is 11.5 Å². The van der Waals surface area contributed by atoms with Gasteiger partial charge in [0.2, 0.25) is 0 Å². The number of methoxy groups -OCH3 is 2. The maximum absolute atomic E-state index is 11.0. The molecule has 2 rings (SSSR count). The van der Waals surface area contributed by atoms with Crippen molar-refractivity contribution < 1.29 is 23.7 Å². The predicted molar refractivity (Wildman–Crippen MR) is 83.4 cm³/mol. The molecule has 2 aromatic carbocycles. The smallest absolute Gasteiger partial charge is 0.308 e. The van der Waals surface area contributed by atoms with Crippen LogP contribution in [0.3, 0.4) is 0 Å². The van der Waals surface area contributed by atoms with E-state index in [1.165, 1.54) is 6.92 Å². The van der Waals surface area contributed by atoms with E-state index in [1.807, 2.05) is 30.3 Å². The van der Waals surface area contributed by atoms with Crippen molar-refractivity contribution in [3.63, 3.8) is 0 Å². The first kappa shape index (κ1) is 16.3. The third-order valence-electron chi connectivity index (χ3n) is 3.17. The first-order valence-electron chi connectivity index (χ1n) is 6.99. The molecule has 1 atom stereocenters. The highest BCUT2D eigenvalue weighted by Crippen LogP contribution is 2.25. The highest BCUT2D eigenvalue weighted by Gasteiger charge is 2.08. The fraction of sp³-hybridized carbons (Fsp3) is 0.353. The molecule has 0 radical (unpaired) electrons. The fourth-order valence-electron chi connectivity index (χ4n) is 2.08. The van der Waals surface area contributed by atoms with Gasteiger partial charge in [-0.15, -0.1) is 0 Å². The van der Waals surface area contributed by atoms with E-state index >= 15 is 0 Å². The van der Waals surface area contributed by atoms with Gasteiger partial charge in [-0.05, 0) is 35.0 Å². The van der Waals surface area contributed by atoms with Gasteiger partial charge < -0.3 is 18.9 Å². The average Bonchev–Trinajstić information content (AvgIpc) is 2.50. The molecule has 0 aliphatic rings. The van der Waals surface area contributed by atoms with Crippen LogP contribution in [-0.4, -0.2) is 39.5 Å². The summed E-state index contributed by atoms with van der Waals surface area (Å²) in [5.74, 6) is 0.909. The Hall–Kier alpha value is -2.11. The number of carbonyl (C=O) groups excluding carboxylic acids is 1. The zero-order valence-electron chi connectivity index (χ0n) is 13.0. The van der Waals surface area contributed by atoms with Crippen molar-refractivity contribution in [1.82, 2.24) is 0 Å². The van der Waals surface area contributed by atoms with E-state index in [2.05, 4.69) is 0 Å². The lowest BCUT2D eigenvalue weighted by Gasteiger charge is -2.15. The van der Waals surface area contributed by atoms with Crippen molar-refractivity contribution >= 4 is 16.7 Å². The van der Waals surface area contributed by atoms with Gasteiger partial charge in [0.25, 0.3) is 0 Å². The van der Waals surface area contributed by atoms with Gasteiger partial charge in [-0.2, -0.15) is 0 Å². The molecule has 0 saturated carbocycles. The van der Waals surface area contributed by atoms with Crippen LogP contribution in [0.2, 0.25) is 0 Å². The third-order valence-corrected chi connectivity index (χ3v) is 3.17. The van der Waals surface area contributed by atoms with Crippen molar-refractivity contribution in [3.05, 3.63) is 36.4 Å². The summed E-state index contributed by atoms with van der Waals surface area (Å²) < 4.78 is 21.1. The van der Waals surface area contributed by atoms with Crippen LogP contribution >= 0.6 is 0 Å². The molecular formula is C17H20O5. The lowest BCUT2D eigenvalue weighted by molar-refractivity contribution is -0.131. The van der Waals surface area contributed by atoms with Gasteiger partial charge in [0.1, 0.15) is 24.2 Å². The third kappa shape index (κ3) is 4.44. The van der Waals surface area contributed by atoms with Crippen molar-refractivity contribution in [2.45, 2.75) is 13.0 Å². The maximum Gasteiger partial charge on any atom is 0.308 e. The van der Waals surface area contributed by atoms with Crippen LogP contribution in [0.1, 0.15) is 6.92 Å². The van der Waals surface area contributed by atoms with Crippen LogP contribution in [0.25, 0.3) is 10.8 Å². The van der Waals surface area contributed by atoms with Gasteiger partial charge >= 0.3 is 5.97 Å². The lowest BCUT2D eigenvalue weighted by atomic mass is 10.1. The van der Waals surface area contributed by atoms with Gasteiger partial charge in [0.15, 0.2) is 0 Å². The molecule has 0 bridgehead atoms. The van der Waals surface area contributed by atoms with Crippen molar-refractivity contribution in [3.8, 4) is 11.5 Å². The number of benzene rings is 2. The number of hydrogen-bond acceptors (Lipinski definition) is 5. The molecule has 1 unspecified atom stereocenters. The minimum Gasteiger partial charge on any atom is -0.491 e. The van der Waals surface area contributed by atoms with Gasteiger partial charge in [-0.3, -0.25) is 4.79 Å².